The van der Waals surface area contributed by atoms with Gasteiger partial charge in [-0.2, -0.15) is 0 Å². The first kappa shape index (κ1) is 22.8. The van der Waals surface area contributed by atoms with Crippen molar-refractivity contribution in [2.24, 2.45) is 5.92 Å². The second-order valence-electron chi connectivity index (χ2n) is 8.80. The molecular weight excluding hydrogens is 420 g/mol. The summed E-state index contributed by atoms with van der Waals surface area (Å²) in [5.41, 5.74) is 4.55. The Morgan fingerprint density at radius 3 is 2.21 bits per heavy atom. The van der Waals surface area contributed by atoms with Crippen LogP contribution < -0.4 is 5.32 Å². The van der Waals surface area contributed by atoms with Crippen LogP contribution in [0.3, 0.4) is 0 Å². The summed E-state index contributed by atoms with van der Waals surface area (Å²) in [5.74, 6) is -0.823. The SMILES string of the molecule is CC[C@@H](NC(=O)OCC1c2ccccc2-c2ccccc21)C(=O)N(CCC(=O)O)CC1CC1. The first-order chi connectivity index (χ1) is 16.0. The van der Waals surface area contributed by atoms with Gasteiger partial charge in [0.05, 0.1) is 6.42 Å². The number of hydrogen-bond donors (Lipinski definition) is 2. The fraction of sp³-hybridized carbons (Fsp3) is 0.423. The molecule has 7 nitrogen and oxygen atoms in total. The van der Waals surface area contributed by atoms with Crippen LogP contribution >= 0.6 is 0 Å². The Kier molecular flexibility index (Phi) is 6.96. The van der Waals surface area contributed by atoms with E-state index in [9.17, 15) is 14.4 Å². The molecular formula is C26H30N2O5. The highest BCUT2D eigenvalue weighted by Crippen LogP contribution is 2.44. The van der Waals surface area contributed by atoms with Gasteiger partial charge in [0.1, 0.15) is 12.6 Å². The molecule has 0 saturated heterocycles. The first-order valence-electron chi connectivity index (χ1n) is 11.6. The minimum Gasteiger partial charge on any atom is -0.481 e. The number of carboxylic acid groups (broad SMARTS) is 1. The summed E-state index contributed by atoms with van der Waals surface area (Å²) in [6, 6.07) is 15.5. The molecule has 2 aliphatic rings. The molecule has 2 N–H and O–H groups in total. The zero-order valence-electron chi connectivity index (χ0n) is 18.8. The van der Waals surface area contributed by atoms with Crippen LogP contribution in [0.1, 0.15) is 49.7 Å². The standard InChI is InChI=1S/C26H30N2O5/c1-2-23(25(31)28(14-13-24(29)30)15-17-11-12-17)27-26(32)33-16-22-20-9-5-3-7-18(20)19-8-4-6-10-21(19)22/h3-10,17,22-23H,2,11-16H2,1H3,(H,27,32)(H,29,30)/t23-/m1/s1. The van der Waals surface area contributed by atoms with Gasteiger partial charge in [-0.05, 0) is 47.4 Å². The van der Waals surface area contributed by atoms with E-state index in [4.69, 9.17) is 9.84 Å². The average molecular weight is 451 g/mol. The molecule has 4 rings (SSSR count). The van der Waals surface area contributed by atoms with Crippen molar-refractivity contribution in [3.8, 4) is 11.1 Å². The second kappa shape index (κ2) is 10.1. The molecule has 2 amide bonds. The number of hydrogen-bond acceptors (Lipinski definition) is 4. The molecule has 0 aromatic heterocycles. The van der Waals surface area contributed by atoms with Gasteiger partial charge in [-0.25, -0.2) is 4.79 Å². The number of carbonyl (C=O) groups excluding carboxylic acids is 2. The third-order valence-electron chi connectivity index (χ3n) is 6.42. The zero-order chi connectivity index (χ0) is 23.4. The van der Waals surface area contributed by atoms with E-state index in [-0.39, 0.29) is 31.4 Å². The highest BCUT2D eigenvalue weighted by atomic mass is 16.5. The normalized spacial score (nSPS) is 15.3. The topological polar surface area (TPSA) is 95.9 Å². The Labute approximate surface area is 193 Å². The monoisotopic (exact) mass is 450 g/mol. The van der Waals surface area contributed by atoms with E-state index in [0.29, 0.717) is 18.9 Å². The number of carboxylic acids is 1. The summed E-state index contributed by atoms with van der Waals surface area (Å²) in [4.78, 5) is 38.2. The minimum absolute atomic E-state index is 0.0548. The van der Waals surface area contributed by atoms with Gasteiger partial charge in [-0.15, -0.1) is 0 Å². The van der Waals surface area contributed by atoms with Gasteiger partial charge >= 0.3 is 12.1 Å². The lowest BCUT2D eigenvalue weighted by atomic mass is 9.98. The van der Waals surface area contributed by atoms with Crippen LogP contribution in [0.5, 0.6) is 0 Å². The summed E-state index contributed by atoms with van der Waals surface area (Å²) in [6.07, 6.45) is 1.75. The van der Waals surface area contributed by atoms with Gasteiger partial charge in [-0.3, -0.25) is 9.59 Å². The van der Waals surface area contributed by atoms with E-state index in [1.54, 1.807) is 4.90 Å². The lowest BCUT2D eigenvalue weighted by molar-refractivity contribution is -0.139. The van der Waals surface area contributed by atoms with E-state index in [1.807, 2.05) is 31.2 Å². The van der Waals surface area contributed by atoms with Gasteiger partial charge in [0.2, 0.25) is 5.91 Å². The fourth-order valence-corrected chi connectivity index (χ4v) is 4.48. The molecule has 0 bridgehead atoms. The van der Waals surface area contributed by atoms with Gasteiger partial charge in [0.25, 0.3) is 0 Å². The smallest absolute Gasteiger partial charge is 0.407 e. The van der Waals surface area contributed by atoms with E-state index in [2.05, 4.69) is 29.6 Å². The van der Waals surface area contributed by atoms with Crippen LogP contribution in [-0.4, -0.2) is 53.7 Å². The number of aliphatic carboxylic acids is 1. The lowest BCUT2D eigenvalue weighted by Gasteiger charge is -2.27. The summed E-state index contributed by atoms with van der Waals surface area (Å²) in [7, 11) is 0. The molecule has 0 radical (unpaired) electrons. The number of nitrogens with one attached hydrogen (secondary N) is 1. The highest BCUT2D eigenvalue weighted by Gasteiger charge is 2.32. The summed E-state index contributed by atoms with van der Waals surface area (Å²) in [5, 5.41) is 11.7. The Balaban J connectivity index is 1.38. The maximum atomic E-state index is 13.0. The van der Waals surface area contributed by atoms with Crippen molar-refractivity contribution < 1.29 is 24.2 Å². The van der Waals surface area contributed by atoms with Crippen molar-refractivity contribution in [1.82, 2.24) is 10.2 Å². The number of amides is 2. The summed E-state index contributed by atoms with van der Waals surface area (Å²) in [6.45, 7) is 2.68. The lowest BCUT2D eigenvalue weighted by Crippen LogP contribution is -2.49. The Hall–Kier alpha value is -3.35. The van der Waals surface area contributed by atoms with E-state index in [1.165, 1.54) is 0 Å². The average Bonchev–Trinajstić information content (AvgIpc) is 3.59. The van der Waals surface area contributed by atoms with Gasteiger partial charge < -0.3 is 20.1 Å². The molecule has 1 saturated carbocycles. The number of alkyl carbamates (subject to hydrolysis) is 1. The molecule has 0 unspecified atom stereocenters. The Morgan fingerprint density at radius 1 is 1.06 bits per heavy atom. The van der Waals surface area contributed by atoms with Crippen LogP contribution in [0.15, 0.2) is 48.5 Å². The molecule has 0 heterocycles. The van der Waals surface area contributed by atoms with Crippen LogP contribution in [0.4, 0.5) is 4.79 Å². The molecule has 2 aliphatic carbocycles. The van der Waals surface area contributed by atoms with E-state index in [0.717, 1.165) is 35.1 Å². The highest BCUT2D eigenvalue weighted by molar-refractivity contribution is 5.86. The summed E-state index contributed by atoms with van der Waals surface area (Å²) >= 11 is 0. The van der Waals surface area contributed by atoms with Crippen molar-refractivity contribution in [2.75, 3.05) is 19.7 Å². The number of benzene rings is 2. The molecule has 1 atom stereocenters. The number of rotatable bonds is 10. The zero-order valence-corrected chi connectivity index (χ0v) is 18.8. The quantitative estimate of drug-likeness (QED) is 0.570. The van der Waals surface area contributed by atoms with Crippen LogP contribution in [0.2, 0.25) is 0 Å². The third-order valence-corrected chi connectivity index (χ3v) is 6.42. The third kappa shape index (κ3) is 5.35. The minimum atomic E-state index is -0.943. The predicted molar refractivity (Wildman–Crippen MR) is 124 cm³/mol. The Morgan fingerprint density at radius 2 is 1.67 bits per heavy atom. The molecule has 7 heteroatoms. The molecule has 0 aliphatic heterocycles. The molecule has 2 aromatic carbocycles. The van der Waals surface area contributed by atoms with E-state index >= 15 is 0 Å². The van der Waals surface area contributed by atoms with Crippen molar-refractivity contribution >= 4 is 18.0 Å². The Bertz CT molecular complexity index is 987. The van der Waals surface area contributed by atoms with Crippen molar-refractivity contribution in [3.05, 3.63) is 59.7 Å². The van der Waals surface area contributed by atoms with Crippen LogP contribution in [0, 0.1) is 5.92 Å². The molecule has 2 aromatic rings. The van der Waals surface area contributed by atoms with Gasteiger partial charge in [0, 0.05) is 19.0 Å². The van der Waals surface area contributed by atoms with E-state index < -0.39 is 18.1 Å². The largest absolute Gasteiger partial charge is 0.481 e. The number of fused-ring (bicyclic) bond motifs is 3. The maximum absolute atomic E-state index is 13.0. The predicted octanol–water partition coefficient (Wildman–Crippen LogP) is 4.02. The number of carbonyl (C=O) groups is 3. The summed E-state index contributed by atoms with van der Waals surface area (Å²) < 4.78 is 5.58. The van der Waals surface area contributed by atoms with Crippen molar-refractivity contribution in [2.45, 2.75) is 44.6 Å². The molecule has 174 valence electrons. The van der Waals surface area contributed by atoms with Crippen molar-refractivity contribution in [1.29, 1.82) is 0 Å². The molecule has 0 spiro atoms. The number of ether oxygens (including phenoxy) is 1. The van der Waals surface area contributed by atoms with Gasteiger partial charge in [0.15, 0.2) is 0 Å². The van der Waals surface area contributed by atoms with Crippen molar-refractivity contribution in [3.63, 3.8) is 0 Å². The van der Waals surface area contributed by atoms with Gasteiger partial charge in [-0.1, -0.05) is 55.5 Å². The van der Waals surface area contributed by atoms with Crippen LogP contribution in [0.25, 0.3) is 11.1 Å². The molecule has 1 fully saturated rings. The van der Waals surface area contributed by atoms with Crippen LogP contribution in [-0.2, 0) is 14.3 Å². The fourth-order valence-electron chi connectivity index (χ4n) is 4.48. The number of nitrogens with zero attached hydrogens (tertiary/aromatic N) is 1. The first-order valence-corrected chi connectivity index (χ1v) is 11.6. The molecule has 33 heavy (non-hydrogen) atoms. The second-order valence-corrected chi connectivity index (χ2v) is 8.80. The maximum Gasteiger partial charge on any atom is 0.407 e.